The second-order valence-electron chi connectivity index (χ2n) is 10.5. The Hall–Kier alpha value is -2.41. The van der Waals surface area contributed by atoms with Gasteiger partial charge in [0.05, 0.1) is 15.5 Å². The van der Waals surface area contributed by atoms with Crippen LogP contribution in [0.5, 0.6) is 0 Å². The maximum Gasteiger partial charge on any atom is 0.265 e. The molecule has 2 amide bonds. The molecule has 0 aliphatic heterocycles. The van der Waals surface area contributed by atoms with Gasteiger partial charge in [-0.05, 0) is 105 Å². The number of fused-ring (bicyclic) bond motifs is 1. The smallest absolute Gasteiger partial charge is 0.265 e. The van der Waals surface area contributed by atoms with Gasteiger partial charge in [-0.3, -0.25) is 9.59 Å². The van der Waals surface area contributed by atoms with Gasteiger partial charge in [0, 0.05) is 22.5 Å². The van der Waals surface area contributed by atoms with Crippen molar-refractivity contribution >= 4 is 50.5 Å². The lowest BCUT2D eigenvalue weighted by atomic mass is 9.76. The number of nitrogens with one attached hydrogen (secondary N) is 2. The first-order valence-electron chi connectivity index (χ1n) is 13.1. The van der Waals surface area contributed by atoms with Crippen LogP contribution in [0.15, 0.2) is 48.5 Å². The average Bonchev–Trinajstić information content (AvgIpc) is 3.31. The molecule has 1 aromatic heterocycles. The van der Waals surface area contributed by atoms with Crippen LogP contribution in [0.3, 0.4) is 0 Å². The zero-order valence-corrected chi connectivity index (χ0v) is 22.0. The Balaban J connectivity index is 1.12. The van der Waals surface area contributed by atoms with Gasteiger partial charge in [0.2, 0.25) is 0 Å². The van der Waals surface area contributed by atoms with Crippen molar-refractivity contribution in [1.29, 1.82) is 0 Å². The Morgan fingerprint density at radius 3 is 2.28 bits per heavy atom. The molecule has 5 rings (SSSR count). The average molecular weight is 524 g/mol. The highest BCUT2D eigenvalue weighted by molar-refractivity contribution is 7.20. The van der Waals surface area contributed by atoms with E-state index < -0.39 is 0 Å². The highest BCUT2D eigenvalue weighted by atomic mass is 35.5. The van der Waals surface area contributed by atoms with Crippen molar-refractivity contribution in [3.8, 4) is 0 Å². The highest BCUT2D eigenvalue weighted by Gasteiger charge is 2.27. The summed E-state index contributed by atoms with van der Waals surface area (Å²) in [5, 5.41) is 7.46. The van der Waals surface area contributed by atoms with Crippen LogP contribution < -0.4 is 16.4 Å². The third-order valence-corrected chi connectivity index (χ3v) is 9.29. The number of rotatable bonds is 6. The van der Waals surface area contributed by atoms with E-state index in [1.807, 2.05) is 30.3 Å². The molecule has 7 heteroatoms. The van der Waals surface area contributed by atoms with Crippen molar-refractivity contribution in [2.75, 3.05) is 5.32 Å². The maximum atomic E-state index is 12.9. The molecule has 4 N–H and O–H groups in total. The topological polar surface area (TPSA) is 84.2 Å². The molecule has 1 heterocycles. The van der Waals surface area contributed by atoms with E-state index in [1.165, 1.54) is 56.3 Å². The van der Waals surface area contributed by atoms with Gasteiger partial charge in [0.1, 0.15) is 0 Å². The summed E-state index contributed by atoms with van der Waals surface area (Å²) in [5.74, 6) is 1.27. The van der Waals surface area contributed by atoms with Crippen LogP contribution in [0.25, 0.3) is 10.1 Å². The predicted octanol–water partition coefficient (Wildman–Crippen LogP) is 7.00. The second kappa shape index (κ2) is 11.3. The number of thiophene rings is 1. The van der Waals surface area contributed by atoms with E-state index in [4.69, 9.17) is 17.3 Å². The Labute approximate surface area is 221 Å². The predicted molar refractivity (Wildman–Crippen MR) is 149 cm³/mol. The van der Waals surface area contributed by atoms with Crippen LogP contribution in [0.4, 0.5) is 5.69 Å². The summed E-state index contributed by atoms with van der Waals surface area (Å²) in [5.41, 5.74) is 7.07. The molecule has 0 spiro atoms. The zero-order chi connectivity index (χ0) is 25.1. The Kier molecular flexibility index (Phi) is 7.94. The molecule has 2 aliphatic rings. The lowest BCUT2D eigenvalue weighted by Gasteiger charge is -2.33. The third kappa shape index (κ3) is 6.10. The molecule has 2 fully saturated rings. The number of carbonyl (C=O) groups excluding carboxylic acids is 2. The summed E-state index contributed by atoms with van der Waals surface area (Å²) in [4.78, 5) is 26.3. The van der Waals surface area contributed by atoms with E-state index in [0.717, 1.165) is 34.8 Å². The fraction of sp³-hybridized carbons (Fsp3) is 0.448. The van der Waals surface area contributed by atoms with Crippen LogP contribution in [0.1, 0.15) is 77.8 Å². The summed E-state index contributed by atoms with van der Waals surface area (Å²) >= 11 is 7.91. The molecule has 3 aromatic rings. The van der Waals surface area contributed by atoms with Gasteiger partial charge >= 0.3 is 0 Å². The minimum atomic E-state index is -0.183. The molecule has 2 aliphatic carbocycles. The molecule has 190 valence electrons. The Morgan fingerprint density at radius 2 is 1.58 bits per heavy atom. The molecule has 5 nitrogen and oxygen atoms in total. The second-order valence-corrected chi connectivity index (χ2v) is 12.0. The lowest BCUT2D eigenvalue weighted by Crippen LogP contribution is -2.38. The SMILES string of the molecule is NC1CCC(CC2CCC(NC(=O)c3ccc(NC(=O)c4cc5ccccc5s4)cc3Cl)CC2)CC1. The van der Waals surface area contributed by atoms with Crippen molar-refractivity contribution in [2.24, 2.45) is 17.6 Å². The number of carbonyl (C=O) groups is 2. The molecule has 0 atom stereocenters. The van der Waals surface area contributed by atoms with Gasteiger partial charge in [-0.1, -0.05) is 29.8 Å². The van der Waals surface area contributed by atoms with Crippen LogP contribution >= 0.6 is 22.9 Å². The number of hydrogen-bond donors (Lipinski definition) is 3. The van der Waals surface area contributed by atoms with Gasteiger partial charge in [-0.15, -0.1) is 11.3 Å². The first-order chi connectivity index (χ1) is 17.4. The molecule has 2 aromatic carbocycles. The molecule has 2 saturated carbocycles. The van der Waals surface area contributed by atoms with E-state index in [9.17, 15) is 9.59 Å². The van der Waals surface area contributed by atoms with Gasteiger partial charge in [-0.2, -0.15) is 0 Å². The minimum Gasteiger partial charge on any atom is -0.349 e. The van der Waals surface area contributed by atoms with Crippen LogP contribution in [-0.2, 0) is 0 Å². The summed E-state index contributed by atoms with van der Waals surface area (Å²) in [6.07, 6.45) is 10.6. The number of anilines is 1. The van der Waals surface area contributed by atoms with Crippen LogP contribution in [-0.4, -0.2) is 23.9 Å². The van der Waals surface area contributed by atoms with Crippen molar-refractivity contribution in [1.82, 2.24) is 5.32 Å². The summed E-state index contributed by atoms with van der Waals surface area (Å²) < 4.78 is 1.07. The van der Waals surface area contributed by atoms with Crippen molar-refractivity contribution in [2.45, 2.75) is 69.9 Å². The van der Waals surface area contributed by atoms with E-state index in [1.54, 1.807) is 18.2 Å². The first kappa shape index (κ1) is 25.2. The monoisotopic (exact) mass is 523 g/mol. The molecular formula is C29H34ClN3O2S. The maximum absolute atomic E-state index is 12.9. The quantitative estimate of drug-likeness (QED) is 0.325. The standard InChI is InChI=1S/C29H34ClN3O2S/c30-25-17-23(33-29(35)27-16-20-3-1-2-4-26(20)36-27)13-14-24(25)28(34)32-22-11-7-19(8-12-22)15-18-5-9-21(31)10-6-18/h1-4,13-14,16-19,21-22H,5-12,15,31H2,(H,32,34)(H,33,35). The van der Waals surface area contributed by atoms with Crippen molar-refractivity contribution < 1.29 is 9.59 Å². The van der Waals surface area contributed by atoms with Gasteiger partial charge in [-0.25, -0.2) is 0 Å². The van der Waals surface area contributed by atoms with E-state index in [0.29, 0.717) is 27.2 Å². The fourth-order valence-corrected chi connectivity index (χ4v) is 6.99. The first-order valence-corrected chi connectivity index (χ1v) is 14.3. The van der Waals surface area contributed by atoms with Gasteiger partial charge < -0.3 is 16.4 Å². The number of amides is 2. The van der Waals surface area contributed by atoms with E-state index in [2.05, 4.69) is 10.6 Å². The largest absolute Gasteiger partial charge is 0.349 e. The van der Waals surface area contributed by atoms with E-state index in [-0.39, 0.29) is 17.9 Å². The van der Waals surface area contributed by atoms with Crippen molar-refractivity contribution in [3.63, 3.8) is 0 Å². The summed E-state index contributed by atoms with van der Waals surface area (Å²) in [6, 6.07) is 15.5. The molecule has 0 radical (unpaired) electrons. The van der Waals surface area contributed by atoms with Gasteiger partial charge in [0.15, 0.2) is 0 Å². The number of benzene rings is 2. The molecule has 36 heavy (non-hydrogen) atoms. The minimum absolute atomic E-state index is 0.146. The Morgan fingerprint density at radius 1 is 0.889 bits per heavy atom. The van der Waals surface area contributed by atoms with Crippen LogP contribution in [0, 0.1) is 11.8 Å². The highest BCUT2D eigenvalue weighted by Crippen LogP contribution is 2.35. The number of nitrogens with two attached hydrogens (primary N) is 1. The van der Waals surface area contributed by atoms with Crippen LogP contribution in [0.2, 0.25) is 5.02 Å². The zero-order valence-electron chi connectivity index (χ0n) is 20.5. The number of hydrogen-bond acceptors (Lipinski definition) is 4. The van der Waals surface area contributed by atoms with Gasteiger partial charge in [0.25, 0.3) is 11.8 Å². The molecule has 0 saturated heterocycles. The Bertz CT molecular complexity index is 1190. The lowest BCUT2D eigenvalue weighted by molar-refractivity contribution is 0.0918. The summed E-state index contributed by atoms with van der Waals surface area (Å²) in [6.45, 7) is 0. The normalized spacial score (nSPS) is 24.4. The van der Waals surface area contributed by atoms with Crippen molar-refractivity contribution in [3.05, 3.63) is 64.0 Å². The van der Waals surface area contributed by atoms with E-state index >= 15 is 0 Å². The fourth-order valence-electron chi connectivity index (χ4n) is 5.76. The molecule has 0 bridgehead atoms. The number of halogens is 1. The third-order valence-electron chi connectivity index (χ3n) is 7.86. The molecule has 0 unspecified atom stereocenters. The molecular weight excluding hydrogens is 490 g/mol. The summed E-state index contributed by atoms with van der Waals surface area (Å²) in [7, 11) is 0.